The minimum Gasteiger partial charge on any atom is -0.493 e. The molecule has 8 heteroatoms. The van der Waals surface area contributed by atoms with Gasteiger partial charge in [-0.1, -0.05) is 0 Å². The van der Waals surface area contributed by atoms with Gasteiger partial charge in [0.1, 0.15) is 0 Å². The fraction of sp³-hybridized carbons (Fsp3) is 0.625. The van der Waals surface area contributed by atoms with Crippen LogP contribution in [0.2, 0.25) is 0 Å². The quantitative estimate of drug-likeness (QED) is 0.834. The van der Waals surface area contributed by atoms with Crippen molar-refractivity contribution < 1.29 is 27.8 Å². The van der Waals surface area contributed by atoms with Gasteiger partial charge in [-0.05, 0) is 0 Å². The van der Waals surface area contributed by atoms with E-state index in [9.17, 15) is 18.3 Å². The first-order valence-corrected chi connectivity index (χ1v) is 4.54. The summed E-state index contributed by atoms with van der Waals surface area (Å²) in [5, 5.41) is 12.5. The molecule has 0 spiro atoms. The van der Waals surface area contributed by atoms with Crippen molar-refractivity contribution in [1.29, 1.82) is 0 Å². The Morgan fingerprint density at radius 2 is 2.06 bits per heavy atom. The molecule has 1 aliphatic heterocycles. The summed E-state index contributed by atoms with van der Waals surface area (Å²) in [6, 6.07) is 0.564. The highest BCUT2D eigenvalue weighted by Crippen LogP contribution is 2.30. The van der Waals surface area contributed by atoms with E-state index in [1.54, 1.807) is 0 Å². The monoisotopic (exact) mass is 238 g/mol. The highest BCUT2D eigenvalue weighted by molar-refractivity contribution is 5.16. The van der Waals surface area contributed by atoms with E-state index in [1.807, 2.05) is 0 Å². The molecule has 0 radical (unpaired) electrons. The molecular weight excluding hydrogens is 229 g/mol. The Kier molecular flexibility index (Phi) is 2.76. The van der Waals surface area contributed by atoms with Gasteiger partial charge in [0.15, 0.2) is 12.0 Å². The lowest BCUT2D eigenvalue weighted by atomic mass is 10.4. The highest BCUT2D eigenvalue weighted by atomic mass is 19.4. The lowest BCUT2D eigenvalue weighted by molar-refractivity contribution is -0.141. The molecule has 1 aromatic heterocycles. The largest absolute Gasteiger partial charge is 0.493 e. The van der Waals surface area contributed by atoms with E-state index < -0.39 is 24.0 Å². The van der Waals surface area contributed by atoms with Crippen LogP contribution in [0.4, 0.5) is 13.2 Å². The van der Waals surface area contributed by atoms with E-state index in [-0.39, 0.29) is 6.54 Å². The molecule has 1 fully saturated rings. The first-order chi connectivity index (χ1) is 7.47. The van der Waals surface area contributed by atoms with E-state index in [1.165, 1.54) is 0 Å². The Bertz CT molecular complexity index is 371. The zero-order valence-electron chi connectivity index (χ0n) is 8.07. The van der Waals surface area contributed by atoms with Crippen molar-refractivity contribution in [3.8, 4) is 5.88 Å². The number of rotatable bonds is 2. The molecule has 1 aliphatic rings. The number of alkyl halides is 3. The number of hydrogen-bond acceptors (Lipinski definition) is 4. The molecule has 1 aromatic rings. The fourth-order valence-electron chi connectivity index (χ4n) is 1.33. The molecule has 0 unspecified atom stereocenters. The molecular formula is C8H9F3N2O3. The van der Waals surface area contributed by atoms with Crippen LogP contribution in [-0.4, -0.2) is 34.4 Å². The summed E-state index contributed by atoms with van der Waals surface area (Å²) in [5.74, 6) is -0.563. The molecule has 0 saturated carbocycles. The van der Waals surface area contributed by atoms with Gasteiger partial charge in [-0.15, -0.1) is 0 Å². The van der Waals surface area contributed by atoms with Gasteiger partial charge in [0.05, 0.1) is 19.8 Å². The van der Waals surface area contributed by atoms with Crippen LogP contribution in [-0.2, 0) is 22.2 Å². The fourth-order valence-corrected chi connectivity index (χ4v) is 1.33. The van der Waals surface area contributed by atoms with Gasteiger partial charge in [-0.3, -0.25) is 0 Å². The van der Waals surface area contributed by atoms with Gasteiger partial charge in [0, 0.05) is 6.07 Å². The third-order valence-electron chi connectivity index (χ3n) is 2.06. The van der Waals surface area contributed by atoms with E-state index in [0.29, 0.717) is 19.3 Å². The topological polar surface area (TPSA) is 56.5 Å². The molecule has 1 N–H and O–H groups in total. The average Bonchev–Trinajstić information content (AvgIpc) is 2.76. The highest BCUT2D eigenvalue weighted by Gasteiger charge is 2.35. The molecule has 90 valence electrons. The van der Waals surface area contributed by atoms with Crippen molar-refractivity contribution in [1.82, 2.24) is 9.78 Å². The summed E-state index contributed by atoms with van der Waals surface area (Å²) in [5.41, 5.74) is -1.14. The van der Waals surface area contributed by atoms with Crippen LogP contribution in [0.25, 0.3) is 0 Å². The standard InChI is InChI=1S/C8H9F3N2O3/c9-8(10,11)5-3-6(14)13(12-5)4-7-15-1-2-16-7/h3,7,14H,1-2,4H2. The predicted octanol–water partition coefficient (Wildman–Crippen LogP) is 0.980. The molecule has 2 heterocycles. The minimum atomic E-state index is -4.57. The Morgan fingerprint density at radius 3 is 2.56 bits per heavy atom. The second kappa shape index (κ2) is 3.95. The van der Waals surface area contributed by atoms with Crippen molar-refractivity contribution in [2.75, 3.05) is 13.2 Å². The molecule has 5 nitrogen and oxygen atoms in total. The van der Waals surface area contributed by atoms with Crippen LogP contribution in [0.1, 0.15) is 5.69 Å². The van der Waals surface area contributed by atoms with Crippen LogP contribution in [0.15, 0.2) is 6.07 Å². The maximum atomic E-state index is 12.2. The van der Waals surface area contributed by atoms with Gasteiger partial charge in [0.25, 0.3) is 0 Å². The minimum absolute atomic E-state index is 0.0675. The summed E-state index contributed by atoms with van der Waals surface area (Å²) in [7, 11) is 0. The lowest BCUT2D eigenvalue weighted by Crippen LogP contribution is -2.18. The van der Waals surface area contributed by atoms with Crippen molar-refractivity contribution >= 4 is 0 Å². The number of halogens is 3. The number of aromatic hydroxyl groups is 1. The van der Waals surface area contributed by atoms with Crippen LogP contribution < -0.4 is 0 Å². The normalized spacial score (nSPS) is 18.2. The van der Waals surface area contributed by atoms with Crippen LogP contribution in [0.3, 0.4) is 0 Å². The van der Waals surface area contributed by atoms with Crippen LogP contribution in [0, 0.1) is 0 Å². The number of aromatic nitrogens is 2. The second-order valence-corrected chi connectivity index (χ2v) is 3.24. The molecule has 0 aliphatic carbocycles. The molecule has 0 aromatic carbocycles. The number of nitrogens with zero attached hydrogens (tertiary/aromatic N) is 2. The number of ether oxygens (including phenoxy) is 2. The molecule has 0 bridgehead atoms. The lowest BCUT2D eigenvalue weighted by Gasteiger charge is -2.09. The molecule has 2 rings (SSSR count). The van der Waals surface area contributed by atoms with Crippen molar-refractivity contribution in [3.05, 3.63) is 11.8 Å². The Balaban J connectivity index is 2.12. The summed E-state index contributed by atoms with van der Waals surface area (Å²) in [4.78, 5) is 0. The van der Waals surface area contributed by atoms with Gasteiger partial charge >= 0.3 is 6.18 Å². The first kappa shape index (κ1) is 11.2. The van der Waals surface area contributed by atoms with Crippen molar-refractivity contribution in [2.24, 2.45) is 0 Å². The zero-order chi connectivity index (χ0) is 11.8. The SMILES string of the molecule is Oc1cc(C(F)(F)F)nn1CC1OCCO1. The van der Waals surface area contributed by atoms with Gasteiger partial charge in [0.2, 0.25) is 5.88 Å². The maximum absolute atomic E-state index is 12.2. The zero-order valence-corrected chi connectivity index (χ0v) is 8.07. The molecule has 1 saturated heterocycles. The van der Waals surface area contributed by atoms with Gasteiger partial charge < -0.3 is 14.6 Å². The van der Waals surface area contributed by atoms with Crippen molar-refractivity contribution in [2.45, 2.75) is 19.0 Å². The molecule has 16 heavy (non-hydrogen) atoms. The van der Waals surface area contributed by atoms with Crippen LogP contribution >= 0.6 is 0 Å². The third-order valence-corrected chi connectivity index (χ3v) is 2.06. The van der Waals surface area contributed by atoms with E-state index >= 15 is 0 Å². The van der Waals surface area contributed by atoms with Gasteiger partial charge in [-0.25, -0.2) is 4.68 Å². The average molecular weight is 238 g/mol. The van der Waals surface area contributed by atoms with Crippen LogP contribution in [0.5, 0.6) is 5.88 Å². The molecule has 0 atom stereocenters. The maximum Gasteiger partial charge on any atom is 0.435 e. The first-order valence-electron chi connectivity index (χ1n) is 4.54. The summed E-state index contributed by atoms with van der Waals surface area (Å²) < 4.78 is 47.6. The molecule has 0 amide bonds. The smallest absolute Gasteiger partial charge is 0.435 e. The summed E-state index contributed by atoms with van der Waals surface area (Å²) >= 11 is 0. The Morgan fingerprint density at radius 1 is 1.44 bits per heavy atom. The van der Waals surface area contributed by atoms with E-state index in [4.69, 9.17) is 9.47 Å². The predicted molar refractivity (Wildman–Crippen MR) is 44.6 cm³/mol. The van der Waals surface area contributed by atoms with Crippen molar-refractivity contribution in [3.63, 3.8) is 0 Å². The summed E-state index contributed by atoms with van der Waals surface area (Å²) in [6.07, 6.45) is -5.23. The Labute approximate surface area is 88.4 Å². The number of hydrogen-bond donors (Lipinski definition) is 1. The van der Waals surface area contributed by atoms with E-state index in [2.05, 4.69) is 5.10 Å². The van der Waals surface area contributed by atoms with E-state index in [0.717, 1.165) is 4.68 Å². The second-order valence-electron chi connectivity index (χ2n) is 3.24. The Hall–Kier alpha value is -1.28. The third kappa shape index (κ3) is 2.27. The summed E-state index contributed by atoms with van der Waals surface area (Å²) in [6.45, 7) is 0.708. The van der Waals surface area contributed by atoms with Gasteiger partial charge in [-0.2, -0.15) is 18.3 Å².